The molecule has 0 saturated carbocycles. The van der Waals surface area contributed by atoms with Gasteiger partial charge in [0.05, 0.1) is 34.9 Å². The molecule has 0 saturated heterocycles. The molecule has 0 radical (unpaired) electrons. The van der Waals surface area contributed by atoms with Crippen molar-refractivity contribution >= 4 is 22.5 Å². The summed E-state index contributed by atoms with van der Waals surface area (Å²) in [5, 5.41) is -0.0862. The Bertz CT molecular complexity index is 1090. The molecule has 3 rings (SSSR count). The molecule has 5 nitrogen and oxygen atoms in total. The third kappa shape index (κ3) is 4.13. The molecule has 1 aromatic heterocycles. The van der Waals surface area contributed by atoms with Gasteiger partial charge >= 0.3 is 6.18 Å². The number of aromatic nitrogens is 2. The van der Waals surface area contributed by atoms with E-state index in [0.717, 1.165) is 12.1 Å². The minimum atomic E-state index is -4.63. The van der Waals surface area contributed by atoms with Crippen LogP contribution in [0, 0.1) is 0 Å². The van der Waals surface area contributed by atoms with Gasteiger partial charge in [-0.25, -0.2) is 4.68 Å². The second-order valence-electron chi connectivity index (χ2n) is 6.79. The number of ether oxygens (including phenoxy) is 1. The number of alkyl halides is 3. The van der Waals surface area contributed by atoms with Gasteiger partial charge in [-0.3, -0.25) is 9.48 Å². The molecule has 0 unspecified atom stereocenters. The van der Waals surface area contributed by atoms with E-state index in [4.69, 9.17) is 16.3 Å². The van der Waals surface area contributed by atoms with Crippen molar-refractivity contribution in [1.29, 1.82) is 0 Å². The summed E-state index contributed by atoms with van der Waals surface area (Å²) in [7, 11) is 3.76. The Morgan fingerprint density at radius 3 is 2.52 bits per heavy atom. The maximum Gasteiger partial charge on any atom is 0.417 e. The highest BCUT2D eigenvalue weighted by molar-refractivity contribution is 6.31. The number of rotatable bonds is 6. The van der Waals surface area contributed by atoms with E-state index in [0.29, 0.717) is 36.3 Å². The number of benzene rings is 2. The fourth-order valence-electron chi connectivity index (χ4n) is 3.18. The molecule has 156 valence electrons. The van der Waals surface area contributed by atoms with Crippen LogP contribution in [0.3, 0.4) is 0 Å². The molecule has 0 spiro atoms. The Labute approximate surface area is 170 Å². The van der Waals surface area contributed by atoms with E-state index in [1.54, 1.807) is 29.8 Å². The summed E-state index contributed by atoms with van der Waals surface area (Å²) in [6.07, 6.45) is -4.63. The minimum Gasteiger partial charge on any atom is -0.493 e. The third-order valence-electron chi connectivity index (χ3n) is 4.49. The summed E-state index contributed by atoms with van der Waals surface area (Å²) in [6, 6.07) is 8.65. The van der Waals surface area contributed by atoms with Crippen molar-refractivity contribution in [2.75, 3.05) is 27.2 Å². The van der Waals surface area contributed by atoms with Gasteiger partial charge in [0.1, 0.15) is 11.1 Å². The normalized spacial score (nSPS) is 12.1. The number of hydrogen-bond acceptors (Lipinski definition) is 3. The van der Waals surface area contributed by atoms with Gasteiger partial charge in [-0.1, -0.05) is 17.7 Å². The van der Waals surface area contributed by atoms with Crippen molar-refractivity contribution in [2.45, 2.75) is 19.6 Å². The van der Waals surface area contributed by atoms with Gasteiger partial charge in [-0.05, 0) is 51.4 Å². The molecule has 2 aromatic carbocycles. The summed E-state index contributed by atoms with van der Waals surface area (Å²) in [5.74, 6) is 0.400. The molecular formula is C20H21ClF3N3O2. The number of nitrogens with zero attached hydrogens (tertiary/aromatic N) is 3. The van der Waals surface area contributed by atoms with E-state index >= 15 is 0 Å². The molecule has 0 atom stereocenters. The van der Waals surface area contributed by atoms with Crippen LogP contribution >= 0.6 is 11.6 Å². The van der Waals surface area contributed by atoms with Crippen molar-refractivity contribution in [3.63, 3.8) is 0 Å². The van der Waals surface area contributed by atoms with Crippen molar-refractivity contribution in [3.8, 4) is 11.4 Å². The molecule has 0 aliphatic rings. The van der Waals surface area contributed by atoms with Gasteiger partial charge in [0.2, 0.25) is 0 Å². The van der Waals surface area contributed by atoms with Crippen LogP contribution in [0.5, 0.6) is 5.75 Å². The summed E-state index contributed by atoms with van der Waals surface area (Å²) < 4.78 is 48.6. The van der Waals surface area contributed by atoms with Crippen molar-refractivity contribution in [2.24, 2.45) is 0 Å². The van der Waals surface area contributed by atoms with Crippen LogP contribution < -0.4 is 10.3 Å². The molecule has 29 heavy (non-hydrogen) atoms. The van der Waals surface area contributed by atoms with Crippen LogP contribution in [-0.2, 0) is 12.7 Å². The van der Waals surface area contributed by atoms with E-state index < -0.39 is 22.3 Å². The summed E-state index contributed by atoms with van der Waals surface area (Å²) in [5.41, 5.74) is -0.758. The molecule has 0 aliphatic heterocycles. The summed E-state index contributed by atoms with van der Waals surface area (Å²) in [4.78, 5) is 15.2. The van der Waals surface area contributed by atoms with Gasteiger partial charge in [0, 0.05) is 6.54 Å². The van der Waals surface area contributed by atoms with Gasteiger partial charge in [0.15, 0.2) is 0 Å². The topological polar surface area (TPSA) is 39.4 Å². The number of likely N-dealkylation sites (N-methyl/N-ethyl adjacent to an activating group) is 1. The Hall–Kier alpha value is -2.45. The van der Waals surface area contributed by atoms with Gasteiger partial charge in [0.25, 0.3) is 5.56 Å². The number of hydrogen-bond donors (Lipinski definition) is 0. The number of fused-ring (bicyclic) bond motifs is 1. The summed E-state index contributed by atoms with van der Waals surface area (Å²) >= 11 is 5.75. The van der Waals surface area contributed by atoms with E-state index in [2.05, 4.69) is 0 Å². The first-order chi connectivity index (χ1) is 13.6. The lowest BCUT2D eigenvalue weighted by Gasteiger charge is -2.17. The van der Waals surface area contributed by atoms with Crippen LogP contribution in [0.4, 0.5) is 13.2 Å². The first kappa shape index (κ1) is 21.3. The van der Waals surface area contributed by atoms with E-state index in [1.807, 2.05) is 19.0 Å². The van der Waals surface area contributed by atoms with Gasteiger partial charge in [-0.15, -0.1) is 0 Å². The lowest BCUT2D eigenvalue weighted by Crippen LogP contribution is -2.26. The maximum absolute atomic E-state index is 13.4. The average Bonchev–Trinajstić information content (AvgIpc) is 2.93. The van der Waals surface area contributed by atoms with Crippen LogP contribution in [0.25, 0.3) is 16.6 Å². The smallest absolute Gasteiger partial charge is 0.417 e. The molecule has 0 N–H and O–H groups in total. The van der Waals surface area contributed by atoms with E-state index in [1.165, 1.54) is 10.7 Å². The van der Waals surface area contributed by atoms with Crippen LogP contribution in [0.15, 0.2) is 41.2 Å². The molecule has 0 bridgehead atoms. The molecule has 3 aromatic rings. The molecular weight excluding hydrogens is 407 g/mol. The van der Waals surface area contributed by atoms with Crippen molar-refractivity contribution < 1.29 is 17.9 Å². The Morgan fingerprint density at radius 1 is 1.17 bits per heavy atom. The highest BCUT2D eigenvalue weighted by Crippen LogP contribution is 2.36. The molecule has 0 fully saturated rings. The zero-order valence-electron chi connectivity index (χ0n) is 16.3. The fraction of sp³-hybridized carbons (Fsp3) is 0.350. The summed E-state index contributed by atoms with van der Waals surface area (Å²) in [6.45, 7) is 3.14. The Morgan fingerprint density at radius 2 is 1.90 bits per heavy atom. The fourth-order valence-corrected chi connectivity index (χ4v) is 3.41. The van der Waals surface area contributed by atoms with Crippen LogP contribution in [0.2, 0.25) is 5.02 Å². The molecule has 0 amide bonds. The molecule has 1 heterocycles. The first-order valence-electron chi connectivity index (χ1n) is 9.04. The minimum absolute atomic E-state index is 0.0872. The highest BCUT2D eigenvalue weighted by Gasteiger charge is 2.34. The standard InChI is InChI=1S/C20H21ClF3N3O2/c1-4-29-17-7-5-6-16-18(17)19(28)27(26(16)11-10-25(2)3)13-8-9-15(21)14(12-13)20(22,23)24/h5-9,12H,4,10-11H2,1-3H3. The lowest BCUT2D eigenvalue weighted by molar-refractivity contribution is -0.137. The predicted octanol–water partition coefficient (Wildman–Crippen LogP) is 4.42. The highest BCUT2D eigenvalue weighted by atomic mass is 35.5. The second-order valence-corrected chi connectivity index (χ2v) is 7.20. The SMILES string of the molecule is CCOc1cccc2c1c(=O)n(-c1ccc(Cl)c(C(F)(F)F)c1)n2CCN(C)C. The second kappa shape index (κ2) is 8.12. The van der Waals surface area contributed by atoms with Gasteiger partial charge < -0.3 is 9.64 Å². The molecule has 0 aliphatic carbocycles. The van der Waals surface area contributed by atoms with Crippen molar-refractivity contribution in [3.05, 3.63) is 57.3 Å². The van der Waals surface area contributed by atoms with E-state index in [-0.39, 0.29) is 5.69 Å². The zero-order chi connectivity index (χ0) is 21.3. The van der Waals surface area contributed by atoms with E-state index in [9.17, 15) is 18.0 Å². The molecule has 9 heteroatoms. The Kier molecular flexibility index (Phi) is 5.95. The quantitative estimate of drug-likeness (QED) is 0.584. The third-order valence-corrected chi connectivity index (χ3v) is 4.82. The van der Waals surface area contributed by atoms with Crippen LogP contribution in [-0.4, -0.2) is 41.5 Å². The lowest BCUT2D eigenvalue weighted by atomic mass is 10.2. The van der Waals surface area contributed by atoms with Crippen molar-refractivity contribution in [1.82, 2.24) is 14.3 Å². The maximum atomic E-state index is 13.4. The first-order valence-corrected chi connectivity index (χ1v) is 9.42. The zero-order valence-corrected chi connectivity index (χ0v) is 17.0. The predicted molar refractivity (Wildman–Crippen MR) is 107 cm³/mol. The Balaban J connectivity index is 2.32. The number of halogens is 4. The van der Waals surface area contributed by atoms with Crippen LogP contribution in [0.1, 0.15) is 12.5 Å². The average molecular weight is 428 g/mol. The van der Waals surface area contributed by atoms with Gasteiger partial charge in [-0.2, -0.15) is 13.2 Å². The largest absolute Gasteiger partial charge is 0.493 e. The monoisotopic (exact) mass is 427 g/mol.